The summed E-state index contributed by atoms with van der Waals surface area (Å²) in [7, 11) is 0. The van der Waals surface area contributed by atoms with Crippen molar-refractivity contribution in [2.24, 2.45) is 5.92 Å². The van der Waals surface area contributed by atoms with E-state index < -0.39 is 0 Å². The number of nitriles is 1. The van der Waals surface area contributed by atoms with Crippen molar-refractivity contribution in [1.29, 1.82) is 5.26 Å². The summed E-state index contributed by atoms with van der Waals surface area (Å²) >= 11 is 0. The Morgan fingerprint density at radius 1 is 1.57 bits per heavy atom. The highest BCUT2D eigenvalue weighted by atomic mass is 15.2. The first-order valence-electron chi connectivity index (χ1n) is 4.84. The molecule has 0 spiro atoms. The number of nitrogens with zero attached hydrogens (tertiary/aromatic N) is 3. The Bertz CT molecular complexity index is 351. The SMILES string of the molecule is CC[C@@H]1C[C@H]1Nc1ccc(C#N)nn1. The Balaban J connectivity index is 1.95. The van der Waals surface area contributed by atoms with Crippen molar-refractivity contribution in [1.82, 2.24) is 10.2 Å². The van der Waals surface area contributed by atoms with Crippen LogP contribution < -0.4 is 5.32 Å². The molecule has 1 aromatic heterocycles. The summed E-state index contributed by atoms with van der Waals surface area (Å²) < 4.78 is 0. The van der Waals surface area contributed by atoms with Crippen molar-refractivity contribution in [3.8, 4) is 6.07 Å². The van der Waals surface area contributed by atoms with Crippen molar-refractivity contribution in [3.63, 3.8) is 0 Å². The molecule has 1 N–H and O–H groups in total. The van der Waals surface area contributed by atoms with Crippen LogP contribution in [0.15, 0.2) is 12.1 Å². The predicted octanol–water partition coefficient (Wildman–Crippen LogP) is 1.56. The molecule has 2 atom stereocenters. The van der Waals surface area contributed by atoms with Crippen molar-refractivity contribution < 1.29 is 0 Å². The van der Waals surface area contributed by atoms with E-state index in [1.54, 1.807) is 12.1 Å². The largest absolute Gasteiger partial charge is 0.366 e. The lowest BCUT2D eigenvalue weighted by Gasteiger charge is -2.02. The molecule has 0 aliphatic heterocycles. The molecule has 1 saturated carbocycles. The lowest BCUT2D eigenvalue weighted by atomic mass is 10.3. The average molecular weight is 188 g/mol. The summed E-state index contributed by atoms with van der Waals surface area (Å²) in [5.41, 5.74) is 0.360. The second kappa shape index (κ2) is 3.62. The molecular formula is C10H12N4. The van der Waals surface area contributed by atoms with Crippen LogP contribution in [0.3, 0.4) is 0 Å². The third-order valence-electron chi connectivity index (χ3n) is 2.56. The van der Waals surface area contributed by atoms with Gasteiger partial charge in [-0.1, -0.05) is 13.3 Å². The quantitative estimate of drug-likeness (QED) is 0.781. The standard InChI is InChI=1S/C10H12N4/c1-2-7-5-9(7)12-10-4-3-8(6-11)13-14-10/h3-4,7,9H,2,5H2,1H3,(H,12,14)/t7-,9-/m1/s1. The van der Waals surface area contributed by atoms with Gasteiger partial charge in [0.05, 0.1) is 0 Å². The Morgan fingerprint density at radius 2 is 2.43 bits per heavy atom. The van der Waals surface area contributed by atoms with Gasteiger partial charge >= 0.3 is 0 Å². The fraction of sp³-hybridized carbons (Fsp3) is 0.500. The predicted molar refractivity (Wildman–Crippen MR) is 52.6 cm³/mol. The molecular weight excluding hydrogens is 176 g/mol. The molecule has 72 valence electrons. The molecule has 0 unspecified atom stereocenters. The fourth-order valence-electron chi connectivity index (χ4n) is 1.53. The highest BCUT2D eigenvalue weighted by Gasteiger charge is 2.35. The molecule has 1 aliphatic rings. The van der Waals surface area contributed by atoms with Crippen LogP contribution in [0.5, 0.6) is 0 Å². The van der Waals surface area contributed by atoms with E-state index in [1.807, 2.05) is 6.07 Å². The number of nitrogens with one attached hydrogen (secondary N) is 1. The van der Waals surface area contributed by atoms with Crippen LogP contribution in [0, 0.1) is 17.2 Å². The minimum absolute atomic E-state index is 0.360. The molecule has 1 fully saturated rings. The zero-order valence-corrected chi connectivity index (χ0v) is 8.07. The van der Waals surface area contributed by atoms with E-state index in [4.69, 9.17) is 5.26 Å². The molecule has 14 heavy (non-hydrogen) atoms. The minimum Gasteiger partial charge on any atom is -0.366 e. The second-order valence-electron chi connectivity index (χ2n) is 3.57. The third kappa shape index (κ3) is 1.82. The van der Waals surface area contributed by atoms with Gasteiger partial charge in [0.2, 0.25) is 0 Å². The maximum Gasteiger partial charge on any atom is 0.163 e. The van der Waals surface area contributed by atoms with E-state index in [2.05, 4.69) is 22.4 Å². The first kappa shape index (κ1) is 8.95. The van der Waals surface area contributed by atoms with Crippen molar-refractivity contribution in [2.45, 2.75) is 25.8 Å². The van der Waals surface area contributed by atoms with Crippen LogP contribution in [-0.2, 0) is 0 Å². The summed E-state index contributed by atoms with van der Waals surface area (Å²) in [6.07, 6.45) is 2.43. The lowest BCUT2D eigenvalue weighted by molar-refractivity contribution is 0.772. The van der Waals surface area contributed by atoms with E-state index in [-0.39, 0.29) is 0 Å². The summed E-state index contributed by atoms with van der Waals surface area (Å²) in [5, 5.41) is 19.5. The molecule has 0 saturated heterocycles. The van der Waals surface area contributed by atoms with Crippen LogP contribution in [-0.4, -0.2) is 16.2 Å². The smallest absolute Gasteiger partial charge is 0.163 e. The van der Waals surface area contributed by atoms with E-state index in [9.17, 15) is 0 Å². The number of hydrogen-bond donors (Lipinski definition) is 1. The Morgan fingerprint density at radius 3 is 2.93 bits per heavy atom. The monoisotopic (exact) mass is 188 g/mol. The Labute approximate surface area is 83.0 Å². The molecule has 0 radical (unpaired) electrons. The van der Waals surface area contributed by atoms with E-state index in [0.717, 1.165) is 11.7 Å². The van der Waals surface area contributed by atoms with Crippen LogP contribution in [0.4, 0.5) is 5.82 Å². The molecule has 4 nitrogen and oxygen atoms in total. The first-order chi connectivity index (χ1) is 6.83. The number of rotatable bonds is 3. The van der Waals surface area contributed by atoms with Gasteiger partial charge in [-0.15, -0.1) is 10.2 Å². The van der Waals surface area contributed by atoms with Gasteiger partial charge in [-0.3, -0.25) is 0 Å². The highest BCUT2D eigenvalue weighted by molar-refractivity contribution is 5.38. The minimum atomic E-state index is 0.360. The molecule has 1 aliphatic carbocycles. The van der Waals surface area contributed by atoms with Gasteiger partial charge in [0.15, 0.2) is 5.69 Å². The van der Waals surface area contributed by atoms with Crippen LogP contribution in [0.1, 0.15) is 25.5 Å². The van der Waals surface area contributed by atoms with Gasteiger partial charge in [-0.2, -0.15) is 5.26 Å². The second-order valence-corrected chi connectivity index (χ2v) is 3.57. The summed E-state index contributed by atoms with van der Waals surface area (Å²) in [4.78, 5) is 0. The summed E-state index contributed by atoms with van der Waals surface area (Å²) in [5.74, 6) is 1.55. The first-order valence-corrected chi connectivity index (χ1v) is 4.84. The fourth-order valence-corrected chi connectivity index (χ4v) is 1.53. The van der Waals surface area contributed by atoms with E-state index >= 15 is 0 Å². The van der Waals surface area contributed by atoms with Gasteiger partial charge in [-0.25, -0.2) is 0 Å². The maximum atomic E-state index is 8.53. The van der Waals surface area contributed by atoms with Gasteiger partial charge < -0.3 is 5.32 Å². The lowest BCUT2D eigenvalue weighted by Crippen LogP contribution is -2.06. The molecule has 0 amide bonds. The third-order valence-corrected chi connectivity index (χ3v) is 2.56. The highest BCUT2D eigenvalue weighted by Crippen LogP contribution is 2.35. The molecule has 1 aromatic rings. The zero-order chi connectivity index (χ0) is 9.97. The molecule has 0 aromatic carbocycles. The van der Waals surface area contributed by atoms with Crippen LogP contribution in [0.2, 0.25) is 0 Å². The molecule has 4 heteroatoms. The number of aromatic nitrogens is 2. The van der Waals surface area contributed by atoms with Crippen molar-refractivity contribution in [3.05, 3.63) is 17.8 Å². The number of anilines is 1. The molecule has 0 bridgehead atoms. The van der Waals surface area contributed by atoms with Crippen LogP contribution in [0.25, 0.3) is 0 Å². The van der Waals surface area contributed by atoms with E-state index in [1.165, 1.54) is 12.8 Å². The zero-order valence-electron chi connectivity index (χ0n) is 8.07. The molecule has 1 heterocycles. The summed E-state index contributed by atoms with van der Waals surface area (Å²) in [6, 6.07) is 5.98. The Hall–Kier alpha value is -1.63. The van der Waals surface area contributed by atoms with Crippen molar-refractivity contribution in [2.75, 3.05) is 5.32 Å². The normalized spacial score (nSPS) is 24.0. The van der Waals surface area contributed by atoms with Gasteiger partial charge in [-0.05, 0) is 24.5 Å². The van der Waals surface area contributed by atoms with Gasteiger partial charge in [0, 0.05) is 6.04 Å². The van der Waals surface area contributed by atoms with Gasteiger partial charge in [0.1, 0.15) is 11.9 Å². The number of hydrogen-bond acceptors (Lipinski definition) is 4. The summed E-state index contributed by atoms with van der Waals surface area (Å²) in [6.45, 7) is 2.19. The topological polar surface area (TPSA) is 61.6 Å². The van der Waals surface area contributed by atoms with Gasteiger partial charge in [0.25, 0.3) is 0 Å². The maximum absolute atomic E-state index is 8.53. The average Bonchev–Trinajstić information content (AvgIpc) is 2.98. The van der Waals surface area contributed by atoms with Crippen molar-refractivity contribution >= 4 is 5.82 Å². The molecule has 2 rings (SSSR count). The van der Waals surface area contributed by atoms with Crippen LogP contribution >= 0.6 is 0 Å². The Kier molecular flexibility index (Phi) is 2.32. The van der Waals surface area contributed by atoms with E-state index in [0.29, 0.717) is 11.7 Å².